The predicted octanol–water partition coefficient (Wildman–Crippen LogP) is 1.62. The molecule has 2 aromatic rings. The zero-order chi connectivity index (χ0) is 17.9. The van der Waals surface area contributed by atoms with Crippen LogP contribution in [0.5, 0.6) is 0 Å². The van der Waals surface area contributed by atoms with Gasteiger partial charge in [-0.2, -0.15) is 16.9 Å². The molecule has 0 spiro atoms. The van der Waals surface area contributed by atoms with Crippen molar-refractivity contribution in [3.63, 3.8) is 0 Å². The zero-order valence-corrected chi connectivity index (χ0v) is 16.8. The van der Waals surface area contributed by atoms with E-state index in [-0.39, 0.29) is 5.56 Å². The molecule has 0 unspecified atom stereocenters. The fourth-order valence-electron chi connectivity index (χ4n) is 3.52. The number of hydrogen-bond acceptors (Lipinski definition) is 7. The van der Waals surface area contributed by atoms with E-state index < -0.39 is 0 Å². The lowest BCUT2D eigenvalue weighted by molar-refractivity contribution is 0.123. The Morgan fingerprint density at radius 3 is 2.73 bits per heavy atom. The van der Waals surface area contributed by atoms with Gasteiger partial charge in [0.25, 0.3) is 5.56 Å². The zero-order valence-electron chi connectivity index (χ0n) is 15.2. The molecule has 8 heteroatoms. The SMILES string of the molecule is Cc1ncc(CN2CCN(CCn3nc4c(cc3=O)CSCC4)CC2)s1. The summed E-state index contributed by atoms with van der Waals surface area (Å²) in [7, 11) is 0. The molecular weight excluding hydrogens is 366 g/mol. The summed E-state index contributed by atoms with van der Waals surface area (Å²) in [5.74, 6) is 2.04. The van der Waals surface area contributed by atoms with E-state index in [9.17, 15) is 4.79 Å². The first-order valence-corrected chi connectivity index (χ1v) is 11.2. The summed E-state index contributed by atoms with van der Waals surface area (Å²) in [4.78, 5) is 22.9. The fourth-order valence-corrected chi connectivity index (χ4v) is 5.31. The van der Waals surface area contributed by atoms with E-state index in [0.29, 0.717) is 6.54 Å². The molecule has 0 amide bonds. The number of aromatic nitrogens is 3. The lowest BCUT2D eigenvalue weighted by atomic mass is 10.2. The van der Waals surface area contributed by atoms with Crippen LogP contribution in [0.25, 0.3) is 0 Å². The third kappa shape index (κ3) is 4.36. The van der Waals surface area contributed by atoms with Crippen molar-refractivity contribution in [1.82, 2.24) is 24.6 Å². The van der Waals surface area contributed by atoms with Gasteiger partial charge in [0.1, 0.15) is 0 Å². The molecule has 0 saturated carbocycles. The van der Waals surface area contributed by atoms with E-state index in [2.05, 4.69) is 26.8 Å². The van der Waals surface area contributed by atoms with E-state index in [1.165, 1.54) is 4.88 Å². The van der Waals surface area contributed by atoms with Gasteiger partial charge in [-0.15, -0.1) is 11.3 Å². The number of rotatable bonds is 5. The molecule has 2 aliphatic heterocycles. The van der Waals surface area contributed by atoms with Crippen molar-refractivity contribution < 1.29 is 0 Å². The monoisotopic (exact) mass is 391 g/mol. The van der Waals surface area contributed by atoms with Gasteiger partial charge in [0.15, 0.2) is 0 Å². The maximum Gasteiger partial charge on any atom is 0.267 e. The van der Waals surface area contributed by atoms with Crippen LogP contribution in [0.2, 0.25) is 0 Å². The lowest BCUT2D eigenvalue weighted by Gasteiger charge is -2.34. The molecule has 26 heavy (non-hydrogen) atoms. The van der Waals surface area contributed by atoms with Crippen LogP contribution in [0.1, 0.15) is 21.1 Å². The van der Waals surface area contributed by atoms with Crippen LogP contribution in [-0.2, 0) is 25.3 Å². The number of fused-ring (bicyclic) bond motifs is 1. The Bertz CT molecular complexity index is 810. The second-order valence-corrected chi connectivity index (χ2v) is 9.37. The Kier molecular flexibility index (Phi) is 5.73. The molecule has 0 aromatic carbocycles. The molecule has 4 heterocycles. The number of thiazole rings is 1. The maximum atomic E-state index is 12.3. The van der Waals surface area contributed by atoms with Gasteiger partial charge >= 0.3 is 0 Å². The standard InChI is InChI=1S/C18H25N5OS2/c1-14-19-11-16(26-14)12-22-5-3-21(4-6-22)7-8-23-18(24)10-15-13-25-9-2-17(15)20-23/h10-11H,2-9,12-13H2,1H3. The number of piperazine rings is 1. The van der Waals surface area contributed by atoms with Gasteiger partial charge in [0.2, 0.25) is 0 Å². The minimum atomic E-state index is 0.0467. The molecule has 0 atom stereocenters. The van der Waals surface area contributed by atoms with E-state index in [0.717, 1.165) is 73.5 Å². The second-order valence-electron chi connectivity index (χ2n) is 6.94. The van der Waals surface area contributed by atoms with Gasteiger partial charge in [-0.05, 0) is 18.2 Å². The first-order valence-electron chi connectivity index (χ1n) is 9.21. The van der Waals surface area contributed by atoms with Gasteiger partial charge in [-0.1, -0.05) is 0 Å². The molecular formula is C18H25N5OS2. The van der Waals surface area contributed by atoms with E-state index in [1.807, 2.05) is 18.0 Å². The first-order chi connectivity index (χ1) is 12.7. The molecule has 2 aliphatic rings. The Morgan fingerprint density at radius 2 is 1.96 bits per heavy atom. The Morgan fingerprint density at radius 1 is 1.15 bits per heavy atom. The highest BCUT2D eigenvalue weighted by Crippen LogP contribution is 2.21. The van der Waals surface area contributed by atoms with Crippen molar-refractivity contribution in [2.24, 2.45) is 0 Å². The average Bonchev–Trinajstić information content (AvgIpc) is 3.06. The minimum absolute atomic E-state index is 0.0467. The third-order valence-electron chi connectivity index (χ3n) is 5.05. The molecule has 0 bridgehead atoms. The topological polar surface area (TPSA) is 54.3 Å². The summed E-state index contributed by atoms with van der Waals surface area (Å²) in [5.41, 5.74) is 2.30. The molecule has 0 N–H and O–H groups in total. The first kappa shape index (κ1) is 18.2. The average molecular weight is 392 g/mol. The normalized spacial score (nSPS) is 18.8. The molecule has 140 valence electrons. The molecule has 4 rings (SSSR count). The number of aryl methyl sites for hydroxylation is 2. The summed E-state index contributed by atoms with van der Waals surface area (Å²) in [6.07, 6.45) is 2.98. The summed E-state index contributed by atoms with van der Waals surface area (Å²) in [6, 6.07) is 1.80. The molecule has 1 saturated heterocycles. The molecule has 0 radical (unpaired) electrons. The van der Waals surface area contributed by atoms with Crippen LogP contribution in [-0.4, -0.2) is 63.0 Å². The molecule has 1 fully saturated rings. The van der Waals surface area contributed by atoms with Crippen LogP contribution >= 0.6 is 23.1 Å². The van der Waals surface area contributed by atoms with Gasteiger partial charge in [-0.25, -0.2) is 9.67 Å². The second kappa shape index (κ2) is 8.21. The Balaban J connectivity index is 1.28. The van der Waals surface area contributed by atoms with Gasteiger partial charge in [0, 0.05) is 68.6 Å². The van der Waals surface area contributed by atoms with Crippen molar-refractivity contribution in [3.05, 3.63) is 43.8 Å². The number of hydrogen-bond donors (Lipinski definition) is 0. The van der Waals surface area contributed by atoms with Crippen molar-refractivity contribution in [2.45, 2.75) is 32.2 Å². The molecule has 2 aromatic heterocycles. The Labute approximate surface area is 162 Å². The van der Waals surface area contributed by atoms with Gasteiger partial charge in [0.05, 0.1) is 17.2 Å². The van der Waals surface area contributed by atoms with Crippen molar-refractivity contribution in [3.8, 4) is 0 Å². The van der Waals surface area contributed by atoms with E-state index in [4.69, 9.17) is 0 Å². The van der Waals surface area contributed by atoms with Crippen molar-refractivity contribution in [2.75, 3.05) is 38.5 Å². The smallest absolute Gasteiger partial charge is 0.267 e. The summed E-state index contributed by atoms with van der Waals surface area (Å²) < 4.78 is 1.67. The Hall–Kier alpha value is -1.22. The van der Waals surface area contributed by atoms with Crippen LogP contribution in [0.3, 0.4) is 0 Å². The third-order valence-corrected chi connectivity index (χ3v) is 6.95. The van der Waals surface area contributed by atoms with Crippen LogP contribution in [0, 0.1) is 6.92 Å². The lowest BCUT2D eigenvalue weighted by Crippen LogP contribution is -2.47. The van der Waals surface area contributed by atoms with E-state index >= 15 is 0 Å². The maximum absolute atomic E-state index is 12.3. The highest BCUT2D eigenvalue weighted by atomic mass is 32.2. The highest BCUT2D eigenvalue weighted by Gasteiger charge is 2.18. The van der Waals surface area contributed by atoms with Gasteiger partial charge < -0.3 is 0 Å². The van der Waals surface area contributed by atoms with Gasteiger partial charge in [-0.3, -0.25) is 14.6 Å². The van der Waals surface area contributed by atoms with Crippen LogP contribution < -0.4 is 5.56 Å². The number of nitrogens with zero attached hydrogens (tertiary/aromatic N) is 5. The largest absolute Gasteiger partial charge is 0.299 e. The van der Waals surface area contributed by atoms with Crippen molar-refractivity contribution >= 4 is 23.1 Å². The minimum Gasteiger partial charge on any atom is -0.299 e. The quantitative estimate of drug-likeness (QED) is 0.772. The van der Waals surface area contributed by atoms with Crippen molar-refractivity contribution in [1.29, 1.82) is 0 Å². The summed E-state index contributed by atoms with van der Waals surface area (Å²) in [6.45, 7) is 8.88. The van der Waals surface area contributed by atoms with E-state index in [1.54, 1.807) is 22.1 Å². The van der Waals surface area contributed by atoms with Crippen LogP contribution in [0.15, 0.2) is 17.1 Å². The molecule has 6 nitrogen and oxygen atoms in total. The number of thioether (sulfide) groups is 1. The molecule has 0 aliphatic carbocycles. The predicted molar refractivity (Wildman–Crippen MR) is 107 cm³/mol. The van der Waals surface area contributed by atoms with Crippen LogP contribution in [0.4, 0.5) is 0 Å². The highest BCUT2D eigenvalue weighted by molar-refractivity contribution is 7.98. The fraction of sp³-hybridized carbons (Fsp3) is 0.611. The summed E-state index contributed by atoms with van der Waals surface area (Å²) >= 11 is 3.67. The summed E-state index contributed by atoms with van der Waals surface area (Å²) in [5, 5.41) is 5.76.